The van der Waals surface area contributed by atoms with E-state index in [1.165, 1.54) is 65.9 Å². The van der Waals surface area contributed by atoms with Gasteiger partial charge in [-0.3, -0.25) is 0 Å². The normalized spacial score (nSPS) is 24.6. The number of likely N-dealkylation sites (tertiary alicyclic amines) is 1. The fourth-order valence-corrected chi connectivity index (χ4v) is 5.15. The van der Waals surface area contributed by atoms with Crippen LogP contribution >= 0.6 is 11.3 Å². The van der Waals surface area contributed by atoms with Gasteiger partial charge in [0.05, 0.1) is 18.5 Å². The van der Waals surface area contributed by atoms with E-state index < -0.39 is 0 Å². The molecule has 2 aliphatic rings. The smallest absolute Gasteiger partial charge is 0.187 e. The van der Waals surface area contributed by atoms with Crippen LogP contribution in [0.4, 0.5) is 5.82 Å². The molecule has 1 aliphatic heterocycles. The molecule has 0 saturated carbocycles. The highest BCUT2D eigenvalue weighted by molar-refractivity contribution is 7.19. The lowest BCUT2D eigenvalue weighted by Crippen LogP contribution is -3.11. The summed E-state index contributed by atoms with van der Waals surface area (Å²) < 4.78 is 0. The number of hydrogen-bond donors (Lipinski definition) is 2. The lowest BCUT2D eigenvalue weighted by atomic mass is 9.99. The third-order valence-electron chi connectivity index (χ3n) is 5.24. The number of piperidine rings is 1. The predicted molar refractivity (Wildman–Crippen MR) is 91.8 cm³/mol. The Balaban J connectivity index is 1.65. The number of thiophene rings is 1. The summed E-state index contributed by atoms with van der Waals surface area (Å²) in [6.07, 6.45) is 6.39. The van der Waals surface area contributed by atoms with Crippen molar-refractivity contribution < 1.29 is 4.90 Å². The maximum Gasteiger partial charge on any atom is 0.187 e. The number of fused-ring (bicyclic) bond motifs is 3. The Kier molecular flexibility index (Phi) is 3.78. The minimum absolute atomic E-state index is 0.889. The summed E-state index contributed by atoms with van der Waals surface area (Å²) in [4.78, 5) is 14.1. The SMILES string of the molecule is CNc1nc(C[NH+]2CCC(C)CC2)nc2sc3c(c12)CCC3. The van der Waals surface area contributed by atoms with Crippen LogP contribution < -0.4 is 10.2 Å². The second-order valence-electron chi connectivity index (χ2n) is 6.89. The summed E-state index contributed by atoms with van der Waals surface area (Å²) >= 11 is 1.89. The molecule has 2 aromatic heterocycles. The van der Waals surface area contributed by atoms with Crippen LogP contribution in [0.3, 0.4) is 0 Å². The van der Waals surface area contributed by atoms with Crippen molar-refractivity contribution in [3.05, 3.63) is 16.3 Å². The number of anilines is 1. The standard InChI is InChI=1S/C17H24N4S/c1-11-6-8-21(9-7-11)10-14-19-16(18-2)15-12-4-3-5-13(12)22-17(15)20-14/h11H,3-10H2,1-2H3,(H,18,19,20)/p+1. The van der Waals surface area contributed by atoms with Crippen molar-refractivity contribution in [3.63, 3.8) is 0 Å². The zero-order chi connectivity index (χ0) is 15.1. The van der Waals surface area contributed by atoms with Crippen molar-refractivity contribution in [1.29, 1.82) is 0 Å². The molecule has 0 radical (unpaired) electrons. The third-order valence-corrected chi connectivity index (χ3v) is 6.42. The Morgan fingerprint density at radius 1 is 1.23 bits per heavy atom. The van der Waals surface area contributed by atoms with E-state index in [0.717, 1.165) is 24.1 Å². The summed E-state index contributed by atoms with van der Waals surface area (Å²) in [5, 5.41) is 4.61. The van der Waals surface area contributed by atoms with E-state index in [0.29, 0.717) is 0 Å². The minimum Gasteiger partial charge on any atom is -0.372 e. The van der Waals surface area contributed by atoms with Crippen LogP contribution in [-0.4, -0.2) is 30.1 Å². The Hall–Kier alpha value is -1.20. The molecular formula is C17H25N4S+. The molecule has 1 saturated heterocycles. The van der Waals surface area contributed by atoms with E-state index in [4.69, 9.17) is 9.97 Å². The molecule has 0 atom stereocenters. The van der Waals surface area contributed by atoms with Crippen molar-refractivity contribution in [3.8, 4) is 0 Å². The average molecular weight is 317 g/mol. The third kappa shape index (κ3) is 2.50. The number of quaternary nitrogens is 1. The van der Waals surface area contributed by atoms with Gasteiger partial charge in [-0.05, 0) is 43.6 Å². The molecule has 2 N–H and O–H groups in total. The molecule has 4 nitrogen and oxygen atoms in total. The molecule has 4 rings (SSSR count). The molecule has 0 bridgehead atoms. The van der Waals surface area contributed by atoms with E-state index in [1.54, 1.807) is 4.90 Å². The van der Waals surface area contributed by atoms with Crippen molar-refractivity contribution in [2.24, 2.45) is 5.92 Å². The van der Waals surface area contributed by atoms with Crippen LogP contribution in [0.25, 0.3) is 10.2 Å². The Morgan fingerprint density at radius 3 is 2.82 bits per heavy atom. The van der Waals surface area contributed by atoms with E-state index in [-0.39, 0.29) is 0 Å². The molecule has 5 heteroatoms. The first kappa shape index (κ1) is 14.4. The molecule has 1 fully saturated rings. The first-order valence-electron chi connectivity index (χ1n) is 8.57. The molecule has 0 amide bonds. The number of nitrogens with one attached hydrogen (secondary N) is 2. The second-order valence-corrected chi connectivity index (χ2v) is 7.97. The van der Waals surface area contributed by atoms with Crippen LogP contribution in [0.2, 0.25) is 0 Å². The maximum atomic E-state index is 4.91. The highest BCUT2D eigenvalue weighted by Gasteiger charge is 2.24. The molecule has 22 heavy (non-hydrogen) atoms. The van der Waals surface area contributed by atoms with Gasteiger partial charge in [0.25, 0.3) is 0 Å². The second kappa shape index (κ2) is 5.78. The van der Waals surface area contributed by atoms with Gasteiger partial charge < -0.3 is 10.2 Å². The first-order valence-corrected chi connectivity index (χ1v) is 9.38. The van der Waals surface area contributed by atoms with Crippen molar-refractivity contribution in [2.45, 2.75) is 45.6 Å². The molecule has 2 aromatic rings. The largest absolute Gasteiger partial charge is 0.372 e. The Morgan fingerprint density at radius 2 is 2.05 bits per heavy atom. The van der Waals surface area contributed by atoms with Gasteiger partial charge in [0, 0.05) is 11.9 Å². The number of nitrogens with zero attached hydrogens (tertiary/aromatic N) is 2. The number of aromatic nitrogens is 2. The molecular weight excluding hydrogens is 292 g/mol. The fraction of sp³-hybridized carbons (Fsp3) is 0.647. The van der Waals surface area contributed by atoms with Crippen LogP contribution in [0, 0.1) is 5.92 Å². The van der Waals surface area contributed by atoms with Crippen LogP contribution in [0.1, 0.15) is 42.5 Å². The monoisotopic (exact) mass is 317 g/mol. The maximum absolute atomic E-state index is 4.91. The fourth-order valence-electron chi connectivity index (χ4n) is 3.87. The van der Waals surface area contributed by atoms with Gasteiger partial charge >= 0.3 is 0 Å². The quantitative estimate of drug-likeness (QED) is 0.910. The highest BCUT2D eigenvalue weighted by Crippen LogP contribution is 2.39. The van der Waals surface area contributed by atoms with Gasteiger partial charge in [-0.25, -0.2) is 9.97 Å². The van der Waals surface area contributed by atoms with Gasteiger partial charge in [0.15, 0.2) is 5.82 Å². The first-order chi connectivity index (χ1) is 10.7. The van der Waals surface area contributed by atoms with E-state index in [2.05, 4.69) is 12.2 Å². The molecule has 1 aliphatic carbocycles. The highest BCUT2D eigenvalue weighted by atomic mass is 32.1. The predicted octanol–water partition coefficient (Wildman–Crippen LogP) is 2.04. The Bertz CT molecular complexity index is 686. The summed E-state index contributed by atoms with van der Waals surface area (Å²) in [5.74, 6) is 2.95. The van der Waals surface area contributed by atoms with Crippen LogP contribution in [-0.2, 0) is 19.4 Å². The van der Waals surface area contributed by atoms with E-state index in [9.17, 15) is 0 Å². The van der Waals surface area contributed by atoms with Gasteiger partial charge in [0.2, 0.25) is 0 Å². The zero-order valence-corrected chi connectivity index (χ0v) is 14.4. The molecule has 0 aromatic carbocycles. The Labute approximate surface area is 136 Å². The van der Waals surface area contributed by atoms with Crippen molar-refractivity contribution >= 4 is 27.4 Å². The summed E-state index contributed by atoms with van der Waals surface area (Å²) in [5.41, 5.74) is 1.51. The van der Waals surface area contributed by atoms with Crippen LogP contribution in [0.15, 0.2) is 0 Å². The number of rotatable bonds is 3. The van der Waals surface area contributed by atoms with Gasteiger partial charge in [-0.15, -0.1) is 11.3 Å². The molecule has 3 heterocycles. The lowest BCUT2D eigenvalue weighted by molar-refractivity contribution is -0.920. The molecule has 0 unspecified atom stereocenters. The van der Waals surface area contributed by atoms with Gasteiger partial charge in [-0.2, -0.15) is 0 Å². The lowest BCUT2D eigenvalue weighted by Gasteiger charge is -2.26. The minimum atomic E-state index is 0.889. The molecule has 118 valence electrons. The topological polar surface area (TPSA) is 42.2 Å². The average Bonchev–Trinajstić information content (AvgIpc) is 3.09. The summed E-state index contributed by atoms with van der Waals surface area (Å²) in [6, 6.07) is 0. The van der Waals surface area contributed by atoms with Gasteiger partial charge in [0.1, 0.15) is 17.2 Å². The van der Waals surface area contributed by atoms with Crippen molar-refractivity contribution in [2.75, 3.05) is 25.5 Å². The number of hydrogen-bond acceptors (Lipinski definition) is 4. The zero-order valence-electron chi connectivity index (χ0n) is 13.5. The molecule has 0 spiro atoms. The summed E-state index contributed by atoms with van der Waals surface area (Å²) in [6.45, 7) is 5.86. The van der Waals surface area contributed by atoms with E-state index >= 15 is 0 Å². The van der Waals surface area contributed by atoms with Crippen LogP contribution in [0.5, 0.6) is 0 Å². The summed E-state index contributed by atoms with van der Waals surface area (Å²) in [7, 11) is 1.99. The number of aryl methyl sites for hydroxylation is 2. The van der Waals surface area contributed by atoms with Crippen molar-refractivity contribution in [1.82, 2.24) is 9.97 Å². The van der Waals surface area contributed by atoms with E-state index in [1.807, 2.05) is 18.4 Å². The van der Waals surface area contributed by atoms with Gasteiger partial charge in [-0.1, -0.05) is 6.92 Å².